The van der Waals surface area contributed by atoms with Crippen LogP contribution in [0.15, 0.2) is 24.3 Å². The summed E-state index contributed by atoms with van der Waals surface area (Å²) in [5.41, 5.74) is 9.01. The average molecular weight is 388 g/mol. The smallest absolute Gasteiger partial charge is 0.162 e. The minimum absolute atomic E-state index is 0.371. The zero-order valence-corrected chi connectivity index (χ0v) is 18.3. The van der Waals surface area contributed by atoms with Gasteiger partial charge in [-0.3, -0.25) is 0 Å². The number of aryl methyl sites for hydroxylation is 1. The van der Waals surface area contributed by atoms with Gasteiger partial charge in [-0.15, -0.1) is 0 Å². The van der Waals surface area contributed by atoms with Gasteiger partial charge in [-0.1, -0.05) is 56.9 Å². The van der Waals surface area contributed by atoms with E-state index >= 15 is 0 Å². The van der Waals surface area contributed by atoms with Gasteiger partial charge >= 0.3 is 0 Å². The lowest BCUT2D eigenvalue weighted by Gasteiger charge is -2.41. The number of nitrogens with two attached hydrogens (primary N) is 1. The molecule has 0 spiro atoms. The first-order valence-electron chi connectivity index (χ1n) is 11.5. The molecule has 1 heterocycles. The minimum Gasteiger partial charge on any atom is -0.349 e. The van der Waals surface area contributed by atoms with Crippen LogP contribution in [0.2, 0.25) is 0 Å². The third-order valence-electron chi connectivity index (χ3n) is 6.84. The molecule has 1 aromatic carbocycles. The molecule has 3 heteroatoms. The molecule has 1 saturated heterocycles. The van der Waals surface area contributed by atoms with Crippen LogP contribution in [0.3, 0.4) is 0 Å². The normalized spacial score (nSPS) is 26.9. The predicted octanol–water partition coefficient (Wildman–Crippen LogP) is 5.95. The van der Waals surface area contributed by atoms with Gasteiger partial charge in [0, 0.05) is 0 Å². The maximum atomic E-state index is 6.48. The van der Waals surface area contributed by atoms with E-state index in [1.165, 1.54) is 62.5 Å². The van der Waals surface area contributed by atoms with Gasteiger partial charge < -0.3 is 15.2 Å². The number of benzene rings is 1. The Morgan fingerprint density at radius 2 is 1.61 bits per heavy atom. The van der Waals surface area contributed by atoms with E-state index in [1.54, 1.807) is 0 Å². The van der Waals surface area contributed by atoms with Crippen LogP contribution in [0.25, 0.3) is 0 Å². The largest absolute Gasteiger partial charge is 0.349 e. The van der Waals surface area contributed by atoms with E-state index in [0.29, 0.717) is 13.2 Å². The summed E-state index contributed by atoms with van der Waals surface area (Å²) in [6.45, 7) is 7.33. The summed E-state index contributed by atoms with van der Waals surface area (Å²) in [4.78, 5) is 0. The predicted molar refractivity (Wildman–Crippen MR) is 117 cm³/mol. The summed E-state index contributed by atoms with van der Waals surface area (Å²) in [7, 11) is 0. The fourth-order valence-electron chi connectivity index (χ4n) is 4.68. The van der Waals surface area contributed by atoms with Crippen LogP contribution in [0.5, 0.6) is 0 Å². The first-order chi connectivity index (χ1) is 13.4. The second kappa shape index (κ2) is 9.73. The molecule has 1 aromatic rings. The highest BCUT2D eigenvalue weighted by Crippen LogP contribution is 2.38. The number of rotatable bonds is 8. The van der Waals surface area contributed by atoms with Crippen LogP contribution in [0.1, 0.15) is 95.6 Å². The molecule has 2 aliphatic rings. The van der Waals surface area contributed by atoms with E-state index < -0.39 is 5.79 Å². The molecule has 2 fully saturated rings. The van der Waals surface area contributed by atoms with Crippen molar-refractivity contribution in [2.45, 2.75) is 102 Å². The van der Waals surface area contributed by atoms with Crippen LogP contribution in [0, 0.1) is 5.92 Å². The van der Waals surface area contributed by atoms with Crippen LogP contribution >= 0.6 is 0 Å². The highest BCUT2D eigenvalue weighted by molar-refractivity contribution is 5.26. The molecular formula is C25H41NO2. The summed E-state index contributed by atoms with van der Waals surface area (Å²) in [6.07, 6.45) is 13.1. The fraction of sp³-hybridized carbons (Fsp3) is 0.760. The van der Waals surface area contributed by atoms with Crippen molar-refractivity contribution < 1.29 is 9.47 Å². The van der Waals surface area contributed by atoms with Crippen LogP contribution < -0.4 is 5.73 Å². The molecule has 3 nitrogen and oxygen atoms in total. The number of ether oxygens (including phenoxy) is 2. The fourth-order valence-corrected chi connectivity index (χ4v) is 4.68. The van der Waals surface area contributed by atoms with Gasteiger partial charge in [0.15, 0.2) is 5.79 Å². The molecule has 28 heavy (non-hydrogen) atoms. The first-order valence-corrected chi connectivity index (χ1v) is 11.5. The molecule has 0 amide bonds. The Labute approximate surface area is 172 Å². The molecule has 0 atom stereocenters. The van der Waals surface area contributed by atoms with E-state index in [0.717, 1.165) is 24.7 Å². The summed E-state index contributed by atoms with van der Waals surface area (Å²) in [5.74, 6) is 1.24. The molecule has 3 rings (SSSR count). The third kappa shape index (κ3) is 6.30. The Morgan fingerprint density at radius 3 is 2.21 bits per heavy atom. The maximum absolute atomic E-state index is 6.48. The lowest BCUT2D eigenvalue weighted by atomic mass is 9.77. The SMILES string of the molecule is CCCCCC1CCC(c2ccc(CCC3(N)COC(C)(C)OC3)cc2)CC1. The number of hydrogen-bond donors (Lipinski definition) is 1. The van der Waals surface area contributed by atoms with Crippen molar-refractivity contribution in [2.75, 3.05) is 13.2 Å². The lowest BCUT2D eigenvalue weighted by Crippen LogP contribution is -2.57. The Morgan fingerprint density at radius 1 is 0.964 bits per heavy atom. The molecule has 1 aliphatic heterocycles. The summed E-state index contributed by atoms with van der Waals surface area (Å²) >= 11 is 0. The third-order valence-corrected chi connectivity index (χ3v) is 6.84. The lowest BCUT2D eigenvalue weighted by molar-refractivity contribution is -0.267. The Hall–Kier alpha value is -0.900. The van der Waals surface area contributed by atoms with Crippen molar-refractivity contribution in [1.82, 2.24) is 0 Å². The summed E-state index contributed by atoms with van der Waals surface area (Å²) in [5, 5.41) is 0. The molecule has 158 valence electrons. The van der Waals surface area contributed by atoms with E-state index in [4.69, 9.17) is 15.2 Å². The van der Waals surface area contributed by atoms with Gasteiger partial charge in [0.2, 0.25) is 0 Å². The molecule has 0 bridgehead atoms. The topological polar surface area (TPSA) is 44.5 Å². The zero-order valence-electron chi connectivity index (χ0n) is 18.3. The zero-order chi connectivity index (χ0) is 20.0. The highest BCUT2D eigenvalue weighted by Gasteiger charge is 2.36. The van der Waals surface area contributed by atoms with Gasteiger partial charge in [-0.05, 0) is 75.3 Å². The second-order valence-corrected chi connectivity index (χ2v) is 9.79. The first kappa shape index (κ1) is 21.8. The monoisotopic (exact) mass is 387 g/mol. The second-order valence-electron chi connectivity index (χ2n) is 9.79. The van der Waals surface area contributed by atoms with Crippen molar-refractivity contribution in [3.8, 4) is 0 Å². The Kier molecular flexibility index (Phi) is 7.58. The highest BCUT2D eigenvalue weighted by atomic mass is 16.7. The molecule has 0 unspecified atom stereocenters. The minimum atomic E-state index is -0.500. The number of hydrogen-bond acceptors (Lipinski definition) is 3. The summed E-state index contributed by atoms with van der Waals surface area (Å²) < 4.78 is 11.5. The van der Waals surface area contributed by atoms with E-state index in [9.17, 15) is 0 Å². The number of unbranched alkanes of at least 4 members (excludes halogenated alkanes) is 2. The molecule has 0 radical (unpaired) electrons. The average Bonchev–Trinajstić information content (AvgIpc) is 2.70. The van der Waals surface area contributed by atoms with Crippen molar-refractivity contribution in [1.29, 1.82) is 0 Å². The van der Waals surface area contributed by atoms with E-state index in [2.05, 4.69) is 31.2 Å². The van der Waals surface area contributed by atoms with Crippen LogP contribution in [0.4, 0.5) is 0 Å². The van der Waals surface area contributed by atoms with Crippen molar-refractivity contribution in [3.05, 3.63) is 35.4 Å². The Bertz CT molecular complexity index is 577. The van der Waals surface area contributed by atoms with Gasteiger partial charge in [-0.2, -0.15) is 0 Å². The van der Waals surface area contributed by atoms with E-state index in [1.807, 2.05) is 13.8 Å². The quantitative estimate of drug-likeness (QED) is 0.560. The maximum Gasteiger partial charge on any atom is 0.162 e. The van der Waals surface area contributed by atoms with Gasteiger partial charge in [0.05, 0.1) is 18.8 Å². The van der Waals surface area contributed by atoms with Gasteiger partial charge in [0.1, 0.15) is 0 Å². The van der Waals surface area contributed by atoms with E-state index in [-0.39, 0.29) is 5.54 Å². The van der Waals surface area contributed by atoms with Gasteiger partial charge in [-0.25, -0.2) is 0 Å². The molecule has 0 aromatic heterocycles. The molecular weight excluding hydrogens is 346 g/mol. The van der Waals surface area contributed by atoms with Crippen molar-refractivity contribution in [3.63, 3.8) is 0 Å². The van der Waals surface area contributed by atoms with Crippen LogP contribution in [-0.2, 0) is 15.9 Å². The van der Waals surface area contributed by atoms with Crippen LogP contribution in [-0.4, -0.2) is 24.5 Å². The standard InChI is InChI=1S/C25H41NO2/c1-4-5-6-7-20-8-12-22(13-9-20)23-14-10-21(11-15-23)16-17-25(26)18-27-24(2,3)28-19-25/h10-11,14-15,20,22H,4-9,12-13,16-19,26H2,1-3H3. The summed E-state index contributed by atoms with van der Waals surface area (Å²) in [6, 6.07) is 9.33. The Balaban J connectivity index is 1.43. The van der Waals surface area contributed by atoms with Gasteiger partial charge in [0.25, 0.3) is 0 Å². The molecule has 1 aliphatic carbocycles. The van der Waals surface area contributed by atoms with Crippen molar-refractivity contribution >= 4 is 0 Å². The molecule has 2 N–H and O–H groups in total. The molecule has 1 saturated carbocycles. The van der Waals surface area contributed by atoms with Crippen molar-refractivity contribution in [2.24, 2.45) is 11.7 Å².